The molecule has 0 radical (unpaired) electrons. The van der Waals surface area contributed by atoms with Gasteiger partial charge in [0.15, 0.2) is 5.13 Å². The van der Waals surface area contributed by atoms with Gasteiger partial charge in [-0.25, -0.2) is 4.98 Å². The summed E-state index contributed by atoms with van der Waals surface area (Å²) in [7, 11) is 1.56. The second-order valence-corrected chi connectivity index (χ2v) is 9.96. The number of nitrogens with one attached hydrogen (secondary N) is 1. The molecule has 9 nitrogen and oxygen atoms in total. The summed E-state index contributed by atoms with van der Waals surface area (Å²) in [5, 5.41) is 3.26. The maximum atomic E-state index is 12.9. The number of anilines is 1. The van der Waals surface area contributed by atoms with E-state index < -0.39 is 11.8 Å². The Hall–Kier alpha value is -3.11. The molecule has 1 N–H and O–H groups in total. The maximum Gasteiger partial charge on any atom is 0.261 e. The van der Waals surface area contributed by atoms with Crippen molar-refractivity contribution in [3.8, 4) is 0 Å². The molecule has 34 heavy (non-hydrogen) atoms. The minimum Gasteiger partial charge on any atom is -0.385 e. The second-order valence-electron chi connectivity index (χ2n) is 8.87. The van der Waals surface area contributed by atoms with Gasteiger partial charge < -0.3 is 9.64 Å². The van der Waals surface area contributed by atoms with Crippen molar-refractivity contribution in [3.05, 3.63) is 45.5 Å². The van der Waals surface area contributed by atoms with Gasteiger partial charge in [-0.3, -0.25) is 29.4 Å². The standard InChI is InChI=1S/C24H28N4O5S/c1-14(2)11-20(29)27-9-7-18-19(13-27)34-24(25-18)26-21(30)15-5-6-16-17(12-15)23(32)28(22(16)31)8-4-10-33-3/h5-6,12,14H,4,7-11,13H2,1-3H3,(H,25,26,30). The number of imide groups is 1. The summed E-state index contributed by atoms with van der Waals surface area (Å²) in [6.45, 7) is 5.88. The zero-order valence-electron chi connectivity index (χ0n) is 19.6. The number of rotatable bonds is 8. The van der Waals surface area contributed by atoms with Crippen LogP contribution in [-0.2, 0) is 22.5 Å². The van der Waals surface area contributed by atoms with Crippen LogP contribution in [0.5, 0.6) is 0 Å². The highest BCUT2D eigenvalue weighted by Gasteiger charge is 2.35. The Balaban J connectivity index is 1.43. The first-order valence-electron chi connectivity index (χ1n) is 11.4. The van der Waals surface area contributed by atoms with E-state index in [0.717, 1.165) is 10.6 Å². The molecule has 0 atom stereocenters. The van der Waals surface area contributed by atoms with Crippen molar-refractivity contribution in [2.45, 2.75) is 39.7 Å². The smallest absolute Gasteiger partial charge is 0.261 e. The number of benzene rings is 1. The highest BCUT2D eigenvalue weighted by molar-refractivity contribution is 7.15. The lowest BCUT2D eigenvalue weighted by Gasteiger charge is -2.26. The van der Waals surface area contributed by atoms with Crippen LogP contribution < -0.4 is 5.32 Å². The molecule has 3 heterocycles. The molecule has 180 valence electrons. The summed E-state index contributed by atoms with van der Waals surface area (Å²) in [6.07, 6.45) is 1.71. The number of nitrogens with zero attached hydrogens (tertiary/aromatic N) is 3. The Morgan fingerprint density at radius 1 is 1.21 bits per heavy atom. The van der Waals surface area contributed by atoms with Crippen molar-refractivity contribution in [2.24, 2.45) is 5.92 Å². The third-order valence-corrected chi connectivity index (χ3v) is 6.85. The molecule has 2 aliphatic heterocycles. The zero-order chi connectivity index (χ0) is 24.4. The highest BCUT2D eigenvalue weighted by atomic mass is 32.1. The van der Waals surface area contributed by atoms with Gasteiger partial charge in [-0.05, 0) is 30.5 Å². The zero-order valence-corrected chi connectivity index (χ0v) is 20.4. The number of ether oxygens (including phenoxy) is 1. The number of amides is 4. The molecular formula is C24H28N4O5S. The average Bonchev–Trinajstić information content (AvgIpc) is 3.31. The largest absolute Gasteiger partial charge is 0.385 e. The van der Waals surface area contributed by atoms with Gasteiger partial charge in [0, 0.05) is 50.1 Å². The van der Waals surface area contributed by atoms with Gasteiger partial charge in [0.2, 0.25) is 5.91 Å². The summed E-state index contributed by atoms with van der Waals surface area (Å²) in [6, 6.07) is 4.52. The summed E-state index contributed by atoms with van der Waals surface area (Å²) in [5.41, 5.74) is 1.71. The summed E-state index contributed by atoms with van der Waals surface area (Å²) in [5.74, 6) is -0.723. The van der Waals surface area contributed by atoms with E-state index in [9.17, 15) is 19.2 Å². The number of fused-ring (bicyclic) bond motifs is 2. The van der Waals surface area contributed by atoms with Crippen LogP contribution in [0.3, 0.4) is 0 Å². The average molecular weight is 485 g/mol. The predicted molar refractivity (Wildman–Crippen MR) is 127 cm³/mol. The third-order valence-electron chi connectivity index (χ3n) is 5.85. The minimum absolute atomic E-state index is 0.133. The van der Waals surface area contributed by atoms with Gasteiger partial charge in [-0.15, -0.1) is 0 Å². The minimum atomic E-state index is -0.403. The molecule has 0 unspecified atom stereocenters. The number of carbonyl (C=O) groups excluding carboxylic acids is 4. The SMILES string of the molecule is COCCCN1C(=O)c2ccc(C(=O)Nc3nc4c(s3)CN(C(=O)CC(C)C)CC4)cc2C1=O. The topological polar surface area (TPSA) is 109 Å². The molecule has 10 heteroatoms. The van der Waals surface area contributed by atoms with Crippen LogP contribution in [0.2, 0.25) is 0 Å². The third kappa shape index (κ3) is 4.88. The molecular weight excluding hydrogens is 456 g/mol. The van der Waals surface area contributed by atoms with Crippen LogP contribution >= 0.6 is 11.3 Å². The number of methoxy groups -OCH3 is 1. The van der Waals surface area contributed by atoms with Gasteiger partial charge >= 0.3 is 0 Å². The van der Waals surface area contributed by atoms with Crippen LogP contribution in [0, 0.1) is 5.92 Å². The van der Waals surface area contributed by atoms with Crippen LogP contribution in [-0.4, -0.2) is 65.2 Å². The molecule has 0 bridgehead atoms. The number of aromatic nitrogens is 1. The Morgan fingerprint density at radius 3 is 2.71 bits per heavy atom. The van der Waals surface area contributed by atoms with Crippen molar-refractivity contribution in [1.82, 2.24) is 14.8 Å². The Kier molecular flexibility index (Phi) is 7.08. The summed E-state index contributed by atoms with van der Waals surface area (Å²) < 4.78 is 4.99. The predicted octanol–water partition coefficient (Wildman–Crippen LogP) is 2.96. The van der Waals surface area contributed by atoms with Gasteiger partial charge in [-0.2, -0.15) is 0 Å². The number of hydrogen-bond donors (Lipinski definition) is 1. The first-order valence-corrected chi connectivity index (χ1v) is 12.2. The van der Waals surface area contributed by atoms with Gasteiger partial charge in [0.1, 0.15) is 0 Å². The van der Waals surface area contributed by atoms with Crippen molar-refractivity contribution in [1.29, 1.82) is 0 Å². The van der Waals surface area contributed by atoms with Gasteiger partial charge in [0.05, 0.1) is 23.4 Å². The Morgan fingerprint density at radius 2 is 1.97 bits per heavy atom. The molecule has 0 saturated carbocycles. The van der Waals surface area contributed by atoms with Crippen molar-refractivity contribution in [2.75, 3.05) is 32.1 Å². The molecule has 4 amide bonds. The van der Waals surface area contributed by atoms with E-state index in [4.69, 9.17) is 4.74 Å². The van der Waals surface area contributed by atoms with Crippen molar-refractivity contribution < 1.29 is 23.9 Å². The van der Waals surface area contributed by atoms with E-state index in [1.54, 1.807) is 7.11 Å². The summed E-state index contributed by atoms with van der Waals surface area (Å²) in [4.78, 5) is 59.1. The van der Waals surface area contributed by atoms with E-state index in [0.29, 0.717) is 55.6 Å². The van der Waals surface area contributed by atoms with Crippen molar-refractivity contribution >= 4 is 40.1 Å². The fourth-order valence-corrected chi connectivity index (χ4v) is 5.13. The second kappa shape index (κ2) is 10.0. The fourth-order valence-electron chi connectivity index (χ4n) is 4.11. The molecule has 0 spiro atoms. The van der Waals surface area contributed by atoms with Crippen molar-refractivity contribution in [3.63, 3.8) is 0 Å². The molecule has 2 aromatic rings. The molecule has 0 fully saturated rings. The van der Waals surface area contributed by atoms with Crippen LogP contribution in [0.4, 0.5) is 5.13 Å². The van der Waals surface area contributed by atoms with E-state index in [-0.39, 0.29) is 29.5 Å². The molecule has 0 saturated heterocycles. The first kappa shape index (κ1) is 24.0. The van der Waals surface area contributed by atoms with Gasteiger partial charge in [-0.1, -0.05) is 25.2 Å². The lowest BCUT2D eigenvalue weighted by Crippen LogP contribution is -2.36. The molecule has 1 aromatic carbocycles. The quantitative estimate of drug-likeness (QED) is 0.456. The monoisotopic (exact) mass is 484 g/mol. The summed E-state index contributed by atoms with van der Waals surface area (Å²) >= 11 is 1.36. The van der Waals surface area contributed by atoms with E-state index in [2.05, 4.69) is 10.3 Å². The number of carbonyl (C=O) groups is 4. The Bertz CT molecular complexity index is 1140. The van der Waals surface area contributed by atoms with Crippen LogP contribution in [0.25, 0.3) is 0 Å². The maximum absolute atomic E-state index is 12.9. The lowest BCUT2D eigenvalue weighted by atomic mass is 10.1. The molecule has 0 aliphatic carbocycles. The highest BCUT2D eigenvalue weighted by Crippen LogP contribution is 2.30. The van der Waals surface area contributed by atoms with E-state index >= 15 is 0 Å². The molecule has 2 aliphatic rings. The fraction of sp³-hybridized carbons (Fsp3) is 0.458. The van der Waals surface area contributed by atoms with Gasteiger partial charge in [0.25, 0.3) is 17.7 Å². The van der Waals surface area contributed by atoms with E-state index in [1.807, 2.05) is 18.7 Å². The number of hydrogen-bond acceptors (Lipinski definition) is 7. The van der Waals surface area contributed by atoms with E-state index in [1.165, 1.54) is 34.4 Å². The Labute approximate surface area is 202 Å². The first-order chi connectivity index (χ1) is 16.3. The normalized spacial score (nSPS) is 15.1. The molecule has 1 aromatic heterocycles. The van der Waals surface area contributed by atoms with Crippen LogP contribution in [0.15, 0.2) is 18.2 Å². The molecule has 4 rings (SSSR count). The number of thiazole rings is 1. The lowest BCUT2D eigenvalue weighted by molar-refractivity contribution is -0.132. The van der Waals surface area contributed by atoms with Crippen LogP contribution in [0.1, 0.15) is 68.3 Å².